The molecule has 0 aliphatic heterocycles. The molecule has 0 aliphatic rings. The molecule has 0 atom stereocenters. The minimum atomic E-state index is 0.355. The van der Waals surface area contributed by atoms with E-state index in [1.807, 2.05) is 48.5 Å². The van der Waals surface area contributed by atoms with Gasteiger partial charge < -0.3 is 19.7 Å². The smallest absolute Gasteiger partial charge is 0.120 e. The lowest BCUT2D eigenvalue weighted by molar-refractivity contribution is 0.185. The van der Waals surface area contributed by atoms with Crippen molar-refractivity contribution in [2.45, 2.75) is 13.2 Å². The maximum atomic E-state index is 8.93. The summed E-state index contributed by atoms with van der Waals surface area (Å²) in [6, 6.07) is 16.0. The monoisotopic (exact) mass is 361 g/mol. The van der Waals surface area contributed by atoms with Crippen LogP contribution in [-0.2, 0) is 18.0 Å². The zero-order valence-corrected chi connectivity index (χ0v) is 14.8. The fourth-order valence-electron chi connectivity index (χ4n) is 3.24. The Morgan fingerprint density at radius 3 is 2.74 bits per heavy atom. The van der Waals surface area contributed by atoms with Crippen LogP contribution in [0.2, 0.25) is 0 Å². The quantitative estimate of drug-likeness (QED) is 0.306. The van der Waals surface area contributed by atoms with Gasteiger partial charge in [0.2, 0.25) is 0 Å². The lowest BCUT2D eigenvalue weighted by Crippen LogP contribution is -1.99. The van der Waals surface area contributed by atoms with Crippen LogP contribution < -0.4 is 4.74 Å². The zero-order chi connectivity index (χ0) is 18.6. The predicted octanol–water partition coefficient (Wildman–Crippen LogP) is 4.25. The van der Waals surface area contributed by atoms with E-state index >= 15 is 0 Å². The number of hydrogen-bond donors (Lipinski definition) is 2. The van der Waals surface area contributed by atoms with Crippen molar-refractivity contribution in [1.29, 1.82) is 0 Å². The minimum absolute atomic E-state index is 0.355. The number of ether oxygens (including phenoxy) is 2. The molecule has 27 heavy (non-hydrogen) atoms. The Balaban J connectivity index is 1.78. The molecular formula is C21H19N3O3. The van der Waals surface area contributed by atoms with Crippen molar-refractivity contribution in [1.82, 2.24) is 9.97 Å². The summed E-state index contributed by atoms with van der Waals surface area (Å²) in [6.07, 6.45) is 3.05. The highest BCUT2D eigenvalue weighted by molar-refractivity contribution is 6.10. The summed E-state index contributed by atoms with van der Waals surface area (Å²) in [5.74, 6) is 0.782. The van der Waals surface area contributed by atoms with Crippen molar-refractivity contribution in [2.75, 3.05) is 7.11 Å². The molecule has 2 aromatic heterocycles. The van der Waals surface area contributed by atoms with Crippen LogP contribution in [0.15, 0.2) is 59.9 Å². The standard InChI is InChI=1S/C21H19N3O3/c1-26-13-17-19(11-23-25)22-10-20-21(17)16-9-15(7-8-18(16)24-20)27-12-14-5-3-2-4-6-14/h2-11,24-25H,12-13H2,1H3/b23-11-. The highest BCUT2D eigenvalue weighted by atomic mass is 16.5. The molecule has 0 radical (unpaired) electrons. The van der Waals surface area contributed by atoms with Crippen molar-refractivity contribution >= 4 is 28.0 Å². The zero-order valence-electron chi connectivity index (χ0n) is 14.8. The van der Waals surface area contributed by atoms with Gasteiger partial charge in [0.1, 0.15) is 12.4 Å². The second-order valence-corrected chi connectivity index (χ2v) is 6.19. The third-order valence-electron chi connectivity index (χ3n) is 4.46. The van der Waals surface area contributed by atoms with Crippen molar-refractivity contribution < 1.29 is 14.7 Å². The summed E-state index contributed by atoms with van der Waals surface area (Å²) in [6.45, 7) is 0.858. The molecule has 0 saturated carbocycles. The number of aromatic amines is 1. The van der Waals surface area contributed by atoms with E-state index in [0.29, 0.717) is 18.9 Å². The first-order valence-corrected chi connectivity index (χ1v) is 8.56. The van der Waals surface area contributed by atoms with Crippen molar-refractivity contribution in [3.05, 3.63) is 71.5 Å². The highest BCUT2D eigenvalue weighted by Crippen LogP contribution is 2.32. The average Bonchev–Trinajstić information content (AvgIpc) is 3.07. The van der Waals surface area contributed by atoms with Gasteiger partial charge in [0.05, 0.1) is 30.2 Å². The Bertz CT molecular complexity index is 1100. The van der Waals surface area contributed by atoms with E-state index in [-0.39, 0.29) is 0 Å². The molecule has 2 heterocycles. The Morgan fingerprint density at radius 1 is 1.11 bits per heavy atom. The number of nitrogens with one attached hydrogen (secondary N) is 1. The molecule has 136 valence electrons. The normalized spacial score (nSPS) is 11.6. The van der Waals surface area contributed by atoms with Crippen LogP contribution in [-0.4, -0.2) is 28.5 Å². The number of aromatic nitrogens is 2. The Morgan fingerprint density at radius 2 is 1.96 bits per heavy atom. The van der Waals surface area contributed by atoms with Gasteiger partial charge in [-0.2, -0.15) is 0 Å². The lowest BCUT2D eigenvalue weighted by Gasteiger charge is -2.08. The van der Waals surface area contributed by atoms with Crippen molar-refractivity contribution in [3.63, 3.8) is 0 Å². The number of pyridine rings is 1. The first-order valence-electron chi connectivity index (χ1n) is 8.56. The summed E-state index contributed by atoms with van der Waals surface area (Å²) < 4.78 is 11.3. The van der Waals surface area contributed by atoms with Crippen LogP contribution in [0.1, 0.15) is 16.8 Å². The van der Waals surface area contributed by atoms with Gasteiger partial charge in [-0.3, -0.25) is 4.98 Å². The Labute approximate surface area is 156 Å². The van der Waals surface area contributed by atoms with Crippen LogP contribution in [0.25, 0.3) is 21.8 Å². The molecule has 0 spiro atoms. The van der Waals surface area contributed by atoms with Gasteiger partial charge >= 0.3 is 0 Å². The molecule has 0 unspecified atom stereocenters. The predicted molar refractivity (Wildman–Crippen MR) is 104 cm³/mol. The molecule has 0 fully saturated rings. The van der Waals surface area contributed by atoms with Gasteiger partial charge in [-0.25, -0.2) is 0 Å². The van der Waals surface area contributed by atoms with Crippen LogP contribution in [0.5, 0.6) is 5.75 Å². The van der Waals surface area contributed by atoms with E-state index in [1.165, 1.54) is 6.21 Å². The fraction of sp³-hybridized carbons (Fsp3) is 0.143. The van der Waals surface area contributed by atoms with Crippen LogP contribution in [0.4, 0.5) is 0 Å². The minimum Gasteiger partial charge on any atom is -0.489 e. The van der Waals surface area contributed by atoms with Crippen LogP contribution in [0, 0.1) is 0 Å². The van der Waals surface area contributed by atoms with E-state index in [9.17, 15) is 0 Å². The topological polar surface area (TPSA) is 79.7 Å². The van der Waals surface area contributed by atoms with E-state index < -0.39 is 0 Å². The summed E-state index contributed by atoms with van der Waals surface area (Å²) in [7, 11) is 1.63. The largest absolute Gasteiger partial charge is 0.489 e. The number of oxime groups is 1. The molecule has 0 saturated heterocycles. The third kappa shape index (κ3) is 3.35. The molecule has 0 amide bonds. The Hall–Kier alpha value is -3.38. The number of benzene rings is 2. The second-order valence-electron chi connectivity index (χ2n) is 6.19. The van der Waals surface area contributed by atoms with Crippen molar-refractivity contribution in [3.8, 4) is 5.75 Å². The van der Waals surface area contributed by atoms with Gasteiger partial charge in [0.25, 0.3) is 0 Å². The number of H-pyrrole nitrogens is 1. The highest BCUT2D eigenvalue weighted by Gasteiger charge is 2.14. The maximum Gasteiger partial charge on any atom is 0.120 e. The van der Waals surface area contributed by atoms with Crippen LogP contribution in [0.3, 0.4) is 0 Å². The first kappa shape index (κ1) is 17.1. The number of hydrogen-bond acceptors (Lipinski definition) is 5. The fourth-order valence-corrected chi connectivity index (χ4v) is 3.24. The summed E-state index contributed by atoms with van der Waals surface area (Å²) in [5.41, 5.74) is 4.42. The summed E-state index contributed by atoms with van der Waals surface area (Å²) in [5, 5.41) is 14.1. The van der Waals surface area contributed by atoms with E-state index in [1.54, 1.807) is 13.3 Å². The molecule has 4 aromatic rings. The summed E-state index contributed by atoms with van der Waals surface area (Å²) >= 11 is 0. The van der Waals surface area contributed by atoms with Gasteiger partial charge in [0, 0.05) is 29.0 Å². The first-order chi connectivity index (χ1) is 13.3. The molecule has 2 aromatic carbocycles. The molecule has 2 N–H and O–H groups in total. The molecule has 0 aliphatic carbocycles. The number of fused-ring (bicyclic) bond motifs is 3. The van der Waals surface area contributed by atoms with E-state index in [2.05, 4.69) is 15.1 Å². The molecule has 4 rings (SSSR count). The van der Waals surface area contributed by atoms with E-state index in [4.69, 9.17) is 14.7 Å². The maximum absolute atomic E-state index is 8.93. The van der Waals surface area contributed by atoms with Gasteiger partial charge in [-0.05, 0) is 23.8 Å². The van der Waals surface area contributed by atoms with Gasteiger partial charge in [-0.1, -0.05) is 35.5 Å². The lowest BCUT2D eigenvalue weighted by atomic mass is 10.1. The average molecular weight is 361 g/mol. The molecule has 6 nitrogen and oxygen atoms in total. The number of methoxy groups -OCH3 is 1. The molecule has 0 bridgehead atoms. The third-order valence-corrected chi connectivity index (χ3v) is 4.46. The van der Waals surface area contributed by atoms with E-state index in [0.717, 1.165) is 38.7 Å². The van der Waals surface area contributed by atoms with Crippen LogP contribution >= 0.6 is 0 Å². The molecular weight excluding hydrogens is 342 g/mol. The van der Waals surface area contributed by atoms with Crippen molar-refractivity contribution in [2.24, 2.45) is 5.16 Å². The molecule has 6 heteroatoms. The number of rotatable bonds is 6. The summed E-state index contributed by atoms with van der Waals surface area (Å²) in [4.78, 5) is 7.72. The van der Waals surface area contributed by atoms with Gasteiger partial charge in [0.15, 0.2) is 0 Å². The Kier molecular flexibility index (Phi) is 4.72. The number of nitrogens with zero attached hydrogens (tertiary/aromatic N) is 2. The SMILES string of the molecule is COCc1c(/C=N\O)ncc2[nH]c3ccc(OCc4ccccc4)cc3c12. The second kappa shape index (κ2) is 7.47. The van der Waals surface area contributed by atoms with Gasteiger partial charge in [-0.15, -0.1) is 0 Å².